The number of aryl methyl sites for hydroxylation is 2. The zero-order valence-corrected chi connectivity index (χ0v) is 23.6. The van der Waals surface area contributed by atoms with Gasteiger partial charge >= 0.3 is 6.11 Å². The highest BCUT2D eigenvalue weighted by Crippen LogP contribution is 2.38. The summed E-state index contributed by atoms with van der Waals surface area (Å²) in [5.74, 6) is -9.59. The van der Waals surface area contributed by atoms with E-state index in [1.54, 1.807) is 13.0 Å². The molecule has 0 aromatic heterocycles. The van der Waals surface area contributed by atoms with Gasteiger partial charge in [0.1, 0.15) is 40.4 Å². The molecule has 5 rings (SSSR count). The molecule has 0 saturated heterocycles. The number of halogens is 10. The van der Waals surface area contributed by atoms with E-state index >= 15 is 8.78 Å². The Morgan fingerprint density at radius 3 is 1.63 bits per heavy atom. The molecule has 0 fully saturated rings. The maximum Gasteiger partial charge on any atom is 0.432 e. The van der Waals surface area contributed by atoms with Crippen LogP contribution in [0.4, 0.5) is 43.9 Å². The van der Waals surface area contributed by atoms with Gasteiger partial charge in [-0.3, -0.25) is 0 Å². The van der Waals surface area contributed by atoms with Crippen molar-refractivity contribution < 1.29 is 48.6 Å². The SMILES string of the molecule is Cc1ccc(-c2cc(C)c(C#Cc3cc(F)c(-c4cc(F)c(C(F)(F)Oc5cc(F)c(F)c(F)c5)c(F)c4)c(F)c3)c(F)c2)cc1. The van der Waals surface area contributed by atoms with Crippen molar-refractivity contribution in [1.82, 2.24) is 0 Å². The van der Waals surface area contributed by atoms with E-state index in [0.717, 1.165) is 11.1 Å². The van der Waals surface area contributed by atoms with Gasteiger partial charge in [0, 0.05) is 17.7 Å². The van der Waals surface area contributed by atoms with Crippen molar-refractivity contribution in [2.24, 2.45) is 0 Å². The van der Waals surface area contributed by atoms with Gasteiger partial charge in [-0.05, 0) is 72.5 Å². The molecule has 5 aromatic carbocycles. The second-order valence-corrected chi connectivity index (χ2v) is 10.2. The van der Waals surface area contributed by atoms with Crippen molar-refractivity contribution in [3.8, 4) is 39.8 Å². The Hall–Kier alpha value is -5.24. The van der Waals surface area contributed by atoms with Crippen LogP contribution in [-0.4, -0.2) is 0 Å². The number of alkyl halides is 2. The van der Waals surface area contributed by atoms with Crippen molar-refractivity contribution in [3.63, 3.8) is 0 Å². The molecule has 0 aliphatic heterocycles. The van der Waals surface area contributed by atoms with Crippen LogP contribution in [0.5, 0.6) is 5.75 Å². The molecule has 234 valence electrons. The molecule has 11 heteroatoms. The van der Waals surface area contributed by atoms with E-state index in [0.29, 0.717) is 23.3 Å². The zero-order valence-electron chi connectivity index (χ0n) is 23.6. The van der Waals surface area contributed by atoms with E-state index in [4.69, 9.17) is 0 Å². The molecule has 0 atom stereocenters. The van der Waals surface area contributed by atoms with E-state index in [1.807, 2.05) is 31.2 Å². The summed E-state index contributed by atoms with van der Waals surface area (Å²) in [6.45, 7) is 3.51. The van der Waals surface area contributed by atoms with E-state index in [9.17, 15) is 35.1 Å². The van der Waals surface area contributed by atoms with Crippen LogP contribution < -0.4 is 4.74 Å². The van der Waals surface area contributed by atoms with Crippen molar-refractivity contribution >= 4 is 0 Å². The first-order valence-electron chi connectivity index (χ1n) is 13.2. The number of rotatable bonds is 5. The van der Waals surface area contributed by atoms with Crippen LogP contribution in [0, 0.1) is 72.2 Å². The molecule has 0 unspecified atom stereocenters. The fourth-order valence-corrected chi connectivity index (χ4v) is 4.66. The molecule has 0 bridgehead atoms. The Kier molecular flexibility index (Phi) is 8.58. The number of hydrogen-bond acceptors (Lipinski definition) is 1. The van der Waals surface area contributed by atoms with Gasteiger partial charge in [-0.15, -0.1) is 0 Å². The summed E-state index contributed by atoms with van der Waals surface area (Å²) >= 11 is 0. The summed E-state index contributed by atoms with van der Waals surface area (Å²) in [5.41, 5.74) is -1.34. The van der Waals surface area contributed by atoms with Gasteiger partial charge in [0.15, 0.2) is 17.5 Å². The lowest BCUT2D eigenvalue weighted by Crippen LogP contribution is -2.25. The van der Waals surface area contributed by atoms with Crippen molar-refractivity contribution in [1.29, 1.82) is 0 Å². The van der Waals surface area contributed by atoms with Crippen LogP contribution in [0.15, 0.2) is 72.8 Å². The van der Waals surface area contributed by atoms with E-state index in [2.05, 4.69) is 16.6 Å². The molecule has 5 aromatic rings. The Morgan fingerprint density at radius 1 is 0.543 bits per heavy atom. The van der Waals surface area contributed by atoms with Gasteiger partial charge in [0.05, 0.1) is 11.1 Å². The first kappa shape index (κ1) is 32.2. The van der Waals surface area contributed by atoms with Gasteiger partial charge < -0.3 is 4.74 Å². The molecule has 0 spiro atoms. The van der Waals surface area contributed by atoms with E-state index < -0.39 is 75.1 Å². The Morgan fingerprint density at radius 2 is 1.09 bits per heavy atom. The Labute approximate surface area is 255 Å². The standard InChI is InChI=1S/C35H18F10O/c1-17-3-6-20(7-4-17)21-9-18(2)24(25(36)12-21)8-5-19-10-26(37)32(27(38)11-19)22-13-28(39)33(29(40)14-22)35(44,45)46-23-15-30(41)34(43)31(42)16-23/h3-4,6-7,9-16H,1-2H3. The van der Waals surface area contributed by atoms with Gasteiger partial charge in [-0.2, -0.15) is 8.78 Å². The van der Waals surface area contributed by atoms with E-state index in [1.165, 1.54) is 6.07 Å². The highest BCUT2D eigenvalue weighted by atomic mass is 19.3. The molecular weight excluding hydrogens is 626 g/mol. The second kappa shape index (κ2) is 12.3. The Bertz CT molecular complexity index is 1970. The van der Waals surface area contributed by atoms with Crippen molar-refractivity contribution in [2.45, 2.75) is 20.0 Å². The molecule has 0 amide bonds. The van der Waals surface area contributed by atoms with Crippen LogP contribution in [0.25, 0.3) is 22.3 Å². The maximum atomic E-state index is 15.0. The summed E-state index contributed by atoms with van der Waals surface area (Å²) in [4.78, 5) is 0. The van der Waals surface area contributed by atoms with Crippen LogP contribution >= 0.6 is 0 Å². The third-order valence-corrected chi connectivity index (χ3v) is 6.87. The zero-order chi connectivity index (χ0) is 33.5. The lowest BCUT2D eigenvalue weighted by atomic mass is 9.98. The van der Waals surface area contributed by atoms with Crippen molar-refractivity contribution in [3.05, 3.63) is 147 Å². The molecule has 0 aliphatic carbocycles. The third-order valence-electron chi connectivity index (χ3n) is 6.87. The summed E-state index contributed by atoms with van der Waals surface area (Å²) in [5, 5.41) is 0. The van der Waals surface area contributed by atoms with Gasteiger partial charge in [0.2, 0.25) is 0 Å². The fourth-order valence-electron chi connectivity index (χ4n) is 4.66. The van der Waals surface area contributed by atoms with Crippen LogP contribution in [0.1, 0.15) is 27.8 Å². The number of benzene rings is 5. The normalized spacial score (nSPS) is 11.3. The average molecular weight is 645 g/mol. The minimum atomic E-state index is -4.90. The lowest BCUT2D eigenvalue weighted by molar-refractivity contribution is -0.189. The molecule has 0 radical (unpaired) electrons. The number of ether oxygens (including phenoxy) is 1. The maximum absolute atomic E-state index is 15.0. The summed E-state index contributed by atoms with van der Waals surface area (Å²) < 4.78 is 148. The predicted molar refractivity (Wildman–Crippen MR) is 150 cm³/mol. The quantitative estimate of drug-likeness (QED) is 0.105. The molecule has 0 saturated carbocycles. The molecule has 0 heterocycles. The predicted octanol–water partition coefficient (Wildman–Crippen LogP) is 10.3. The molecule has 1 nitrogen and oxygen atoms in total. The summed E-state index contributed by atoms with van der Waals surface area (Å²) in [6, 6.07) is 12.2. The average Bonchev–Trinajstić information content (AvgIpc) is 2.94. The molecule has 0 aliphatic rings. The monoisotopic (exact) mass is 644 g/mol. The minimum Gasteiger partial charge on any atom is -0.429 e. The topological polar surface area (TPSA) is 9.23 Å². The van der Waals surface area contributed by atoms with Crippen molar-refractivity contribution in [2.75, 3.05) is 0 Å². The highest BCUT2D eigenvalue weighted by Gasteiger charge is 2.42. The van der Waals surface area contributed by atoms with Gasteiger partial charge in [-0.25, -0.2) is 35.1 Å². The van der Waals surface area contributed by atoms with Crippen LogP contribution in [-0.2, 0) is 6.11 Å². The minimum absolute atomic E-state index is 0.0296. The van der Waals surface area contributed by atoms with Crippen LogP contribution in [0.3, 0.4) is 0 Å². The first-order chi connectivity index (χ1) is 21.6. The van der Waals surface area contributed by atoms with Crippen LogP contribution in [0.2, 0.25) is 0 Å². The number of hydrogen-bond donors (Lipinski definition) is 0. The first-order valence-corrected chi connectivity index (χ1v) is 13.2. The second-order valence-electron chi connectivity index (χ2n) is 10.2. The largest absolute Gasteiger partial charge is 0.432 e. The highest BCUT2D eigenvalue weighted by molar-refractivity contribution is 5.68. The van der Waals surface area contributed by atoms with E-state index in [-0.39, 0.29) is 35.4 Å². The summed E-state index contributed by atoms with van der Waals surface area (Å²) in [7, 11) is 0. The Balaban J connectivity index is 1.44. The molecule has 46 heavy (non-hydrogen) atoms. The molecular formula is C35H18F10O. The summed E-state index contributed by atoms with van der Waals surface area (Å²) in [6.07, 6.45) is -4.90. The third kappa shape index (κ3) is 6.42. The lowest BCUT2D eigenvalue weighted by Gasteiger charge is -2.20. The van der Waals surface area contributed by atoms with Gasteiger partial charge in [-0.1, -0.05) is 41.7 Å². The smallest absolute Gasteiger partial charge is 0.429 e. The van der Waals surface area contributed by atoms with Gasteiger partial charge in [0.25, 0.3) is 0 Å². The fraction of sp³-hybridized carbons (Fsp3) is 0.0857. The molecule has 0 N–H and O–H groups in total.